The molecule has 6 nitrogen and oxygen atoms in total. The molecule has 0 amide bonds. The lowest BCUT2D eigenvalue weighted by Crippen LogP contribution is -2.30. The topological polar surface area (TPSA) is 78.9 Å². The molecule has 1 atom stereocenters. The molecule has 0 saturated carbocycles. The Kier molecular flexibility index (Phi) is 53.2. The van der Waals surface area contributed by atoms with Crippen molar-refractivity contribution in [3.8, 4) is 0 Å². The highest BCUT2D eigenvalue weighted by molar-refractivity contribution is 5.71. The van der Waals surface area contributed by atoms with E-state index >= 15 is 0 Å². The van der Waals surface area contributed by atoms with Crippen LogP contribution in [0.5, 0.6) is 0 Å². The fraction of sp³-hybridized carbons (Fsp3) is 0.915. The summed E-state index contributed by atoms with van der Waals surface area (Å²) < 4.78 is 16.8. The van der Waals surface area contributed by atoms with E-state index < -0.39 is 6.10 Å². The van der Waals surface area contributed by atoms with Gasteiger partial charge in [0.05, 0.1) is 0 Å². The maximum Gasteiger partial charge on any atom is 0.306 e. The summed E-state index contributed by atoms with van der Waals surface area (Å²) in [4.78, 5) is 37.9. The molecule has 0 aliphatic rings. The molecule has 1 unspecified atom stereocenters. The first-order valence-electron chi connectivity index (χ1n) is 29.2. The highest BCUT2D eigenvalue weighted by Gasteiger charge is 2.19. The summed E-state index contributed by atoms with van der Waals surface area (Å²) in [7, 11) is 0. The van der Waals surface area contributed by atoms with Crippen molar-refractivity contribution in [2.24, 2.45) is 0 Å². The fourth-order valence-electron chi connectivity index (χ4n) is 8.85. The minimum Gasteiger partial charge on any atom is -0.462 e. The van der Waals surface area contributed by atoms with Gasteiger partial charge in [0.2, 0.25) is 0 Å². The SMILES string of the molecule is CCCCC/C=C\CCCCCCCC(=O)OC(COC(=O)CCCCCCCCCCC)COC(=O)CCCCCCCCCCCCCCCCCCCCCCCCCCCC. The van der Waals surface area contributed by atoms with Gasteiger partial charge in [0.15, 0.2) is 6.10 Å². The standard InChI is InChI=1S/C59H112O6/c1-4-7-10-13-16-19-21-23-24-25-26-27-28-29-30-31-32-33-34-35-36-38-40-43-46-49-52-58(61)64-55-56(54-63-57(60)51-48-45-42-39-18-15-12-9-6-3)65-59(62)53-50-47-44-41-37-22-20-17-14-11-8-5-2/h17,20,56H,4-16,18-19,21-55H2,1-3H3/b20-17-. The Bertz CT molecular complexity index is 1010. The third-order valence-corrected chi connectivity index (χ3v) is 13.3. The molecule has 0 fully saturated rings. The second-order valence-corrected chi connectivity index (χ2v) is 19.9. The molecular weight excluding hydrogens is 805 g/mol. The summed E-state index contributed by atoms with van der Waals surface area (Å²) in [5.41, 5.74) is 0. The van der Waals surface area contributed by atoms with Gasteiger partial charge in [0.1, 0.15) is 13.2 Å². The summed E-state index contributed by atoms with van der Waals surface area (Å²) in [6.45, 7) is 6.64. The van der Waals surface area contributed by atoms with Crippen molar-refractivity contribution in [2.45, 2.75) is 335 Å². The van der Waals surface area contributed by atoms with Crippen LogP contribution in [-0.2, 0) is 28.6 Å². The Hall–Kier alpha value is -1.85. The van der Waals surface area contributed by atoms with E-state index in [1.165, 1.54) is 225 Å². The van der Waals surface area contributed by atoms with Crippen molar-refractivity contribution in [2.75, 3.05) is 13.2 Å². The normalized spacial score (nSPS) is 12.0. The van der Waals surface area contributed by atoms with Gasteiger partial charge in [-0.05, 0) is 44.9 Å². The number of carbonyl (C=O) groups is 3. The van der Waals surface area contributed by atoms with Crippen molar-refractivity contribution >= 4 is 17.9 Å². The van der Waals surface area contributed by atoms with E-state index in [0.29, 0.717) is 19.3 Å². The zero-order valence-corrected chi connectivity index (χ0v) is 44.0. The van der Waals surface area contributed by atoms with Crippen LogP contribution < -0.4 is 0 Å². The fourth-order valence-corrected chi connectivity index (χ4v) is 8.85. The van der Waals surface area contributed by atoms with E-state index in [2.05, 4.69) is 32.9 Å². The highest BCUT2D eigenvalue weighted by atomic mass is 16.6. The minimum atomic E-state index is -0.767. The van der Waals surface area contributed by atoms with Gasteiger partial charge < -0.3 is 14.2 Å². The maximum atomic E-state index is 12.8. The molecule has 0 saturated heterocycles. The molecule has 0 aliphatic carbocycles. The van der Waals surface area contributed by atoms with Crippen LogP contribution in [0, 0.1) is 0 Å². The smallest absolute Gasteiger partial charge is 0.306 e. The van der Waals surface area contributed by atoms with Crippen molar-refractivity contribution in [1.82, 2.24) is 0 Å². The van der Waals surface area contributed by atoms with Gasteiger partial charge >= 0.3 is 17.9 Å². The number of hydrogen-bond acceptors (Lipinski definition) is 6. The second-order valence-electron chi connectivity index (χ2n) is 19.9. The Morgan fingerprint density at radius 2 is 0.508 bits per heavy atom. The van der Waals surface area contributed by atoms with Crippen molar-refractivity contribution in [1.29, 1.82) is 0 Å². The van der Waals surface area contributed by atoms with Gasteiger partial charge in [0, 0.05) is 19.3 Å². The van der Waals surface area contributed by atoms with E-state index in [1.54, 1.807) is 0 Å². The van der Waals surface area contributed by atoms with Gasteiger partial charge in [-0.25, -0.2) is 0 Å². The van der Waals surface area contributed by atoms with Crippen LogP contribution in [0.4, 0.5) is 0 Å². The number of ether oxygens (including phenoxy) is 3. The Morgan fingerprint density at radius 3 is 0.800 bits per heavy atom. The third-order valence-electron chi connectivity index (χ3n) is 13.3. The van der Waals surface area contributed by atoms with Crippen LogP contribution in [0.15, 0.2) is 12.2 Å². The molecule has 0 N–H and O–H groups in total. The van der Waals surface area contributed by atoms with E-state index in [4.69, 9.17) is 14.2 Å². The first-order chi connectivity index (χ1) is 32.0. The maximum absolute atomic E-state index is 12.8. The van der Waals surface area contributed by atoms with E-state index in [0.717, 1.165) is 64.2 Å². The number of esters is 3. The molecule has 0 bridgehead atoms. The van der Waals surface area contributed by atoms with Gasteiger partial charge in [-0.2, -0.15) is 0 Å². The Balaban J connectivity index is 4.07. The summed E-state index contributed by atoms with van der Waals surface area (Å²) in [6.07, 6.45) is 62.3. The molecule has 0 aromatic carbocycles. The lowest BCUT2D eigenvalue weighted by molar-refractivity contribution is -0.167. The van der Waals surface area contributed by atoms with Crippen molar-refractivity contribution in [3.05, 3.63) is 12.2 Å². The van der Waals surface area contributed by atoms with Crippen LogP contribution >= 0.6 is 0 Å². The monoisotopic (exact) mass is 917 g/mol. The van der Waals surface area contributed by atoms with Gasteiger partial charge in [-0.15, -0.1) is 0 Å². The third kappa shape index (κ3) is 53.0. The number of allylic oxidation sites excluding steroid dienone is 2. The number of unbranched alkanes of at least 4 members (excludes halogenated alkanes) is 41. The molecule has 0 heterocycles. The summed E-state index contributed by atoms with van der Waals surface area (Å²) in [5.74, 6) is -0.861. The average molecular weight is 918 g/mol. The molecule has 6 heteroatoms. The van der Waals surface area contributed by atoms with Crippen molar-refractivity contribution < 1.29 is 28.6 Å². The summed E-state index contributed by atoms with van der Waals surface area (Å²) in [6, 6.07) is 0. The number of carbonyl (C=O) groups excluding carboxylic acids is 3. The van der Waals surface area contributed by atoms with Gasteiger partial charge in [0.25, 0.3) is 0 Å². The lowest BCUT2D eigenvalue weighted by Gasteiger charge is -2.18. The predicted molar refractivity (Wildman–Crippen MR) is 280 cm³/mol. The largest absolute Gasteiger partial charge is 0.462 e. The van der Waals surface area contributed by atoms with Crippen LogP contribution in [0.25, 0.3) is 0 Å². The van der Waals surface area contributed by atoms with Crippen molar-refractivity contribution in [3.63, 3.8) is 0 Å². The van der Waals surface area contributed by atoms with E-state index in [1.807, 2.05) is 0 Å². The first kappa shape index (κ1) is 63.1. The van der Waals surface area contributed by atoms with Crippen LogP contribution in [-0.4, -0.2) is 37.2 Å². The molecule has 0 aromatic heterocycles. The Morgan fingerprint density at radius 1 is 0.292 bits per heavy atom. The predicted octanol–water partition coefficient (Wildman–Crippen LogP) is 19.3. The van der Waals surface area contributed by atoms with E-state index in [-0.39, 0.29) is 31.1 Å². The zero-order chi connectivity index (χ0) is 47.2. The summed E-state index contributed by atoms with van der Waals surface area (Å²) in [5, 5.41) is 0. The molecule has 0 aromatic rings. The lowest BCUT2D eigenvalue weighted by atomic mass is 10.0. The first-order valence-corrected chi connectivity index (χ1v) is 29.2. The van der Waals surface area contributed by atoms with Crippen LogP contribution in [0.2, 0.25) is 0 Å². The summed E-state index contributed by atoms with van der Waals surface area (Å²) >= 11 is 0. The molecule has 0 rings (SSSR count). The van der Waals surface area contributed by atoms with Crippen LogP contribution in [0.3, 0.4) is 0 Å². The quantitative estimate of drug-likeness (QED) is 0.0262. The molecule has 384 valence electrons. The average Bonchev–Trinajstić information content (AvgIpc) is 3.30. The second kappa shape index (κ2) is 54.8. The Labute approximate surface area is 405 Å². The molecular formula is C59H112O6. The van der Waals surface area contributed by atoms with Crippen LogP contribution in [0.1, 0.15) is 329 Å². The highest BCUT2D eigenvalue weighted by Crippen LogP contribution is 2.17. The number of rotatable bonds is 54. The van der Waals surface area contributed by atoms with Gasteiger partial charge in [-0.3, -0.25) is 14.4 Å². The molecule has 0 spiro atoms. The minimum absolute atomic E-state index is 0.0681. The molecule has 0 radical (unpaired) electrons. The van der Waals surface area contributed by atoms with E-state index in [9.17, 15) is 14.4 Å². The number of hydrogen-bond donors (Lipinski definition) is 0. The zero-order valence-electron chi connectivity index (χ0n) is 44.0. The molecule has 0 aliphatic heterocycles. The molecule has 65 heavy (non-hydrogen) atoms. The van der Waals surface area contributed by atoms with Gasteiger partial charge in [-0.1, -0.05) is 277 Å².